The van der Waals surface area contributed by atoms with Gasteiger partial charge in [0.15, 0.2) is 0 Å². The van der Waals surface area contributed by atoms with Crippen molar-refractivity contribution in [2.24, 2.45) is 0 Å². The zero-order valence-corrected chi connectivity index (χ0v) is 9.25. The van der Waals surface area contributed by atoms with Crippen LogP contribution in [0.3, 0.4) is 0 Å². The highest BCUT2D eigenvalue weighted by Crippen LogP contribution is 2.10. The van der Waals surface area contributed by atoms with Gasteiger partial charge in [-0.3, -0.25) is 4.90 Å². The molecule has 2 heteroatoms. The maximum atomic E-state index is 8.84. The van der Waals surface area contributed by atoms with Gasteiger partial charge in [-0.25, -0.2) is 0 Å². The van der Waals surface area contributed by atoms with Gasteiger partial charge in [0, 0.05) is 6.54 Å². The van der Waals surface area contributed by atoms with Crippen LogP contribution in [0.5, 0.6) is 0 Å². The highest BCUT2D eigenvalue weighted by Gasteiger charge is 1.99. The number of benzene rings is 1. The first-order valence-electron chi connectivity index (χ1n) is 4.99. The third-order valence-electron chi connectivity index (χ3n) is 2.59. The second kappa shape index (κ2) is 5.13. The fraction of sp³-hybridized carbons (Fsp3) is 0.500. The van der Waals surface area contributed by atoms with Crippen LogP contribution in [0.4, 0.5) is 0 Å². The van der Waals surface area contributed by atoms with Gasteiger partial charge in [-0.15, -0.1) is 0 Å². The molecule has 0 amide bonds. The van der Waals surface area contributed by atoms with Gasteiger partial charge in [0.2, 0.25) is 0 Å². The molecule has 0 radical (unpaired) electrons. The molecule has 1 rings (SSSR count). The molecule has 0 atom stereocenters. The fourth-order valence-corrected chi connectivity index (χ4v) is 1.35. The standard InChI is InChI=1S/C12H19NO/c1-10-4-5-12(8-11(10)2)6-7-13(3)9-14/h4-5,8,14H,6-7,9H2,1-3H3. The van der Waals surface area contributed by atoms with Crippen molar-refractivity contribution < 1.29 is 5.11 Å². The Morgan fingerprint density at radius 1 is 1.21 bits per heavy atom. The van der Waals surface area contributed by atoms with E-state index in [-0.39, 0.29) is 6.73 Å². The van der Waals surface area contributed by atoms with E-state index in [4.69, 9.17) is 5.11 Å². The smallest absolute Gasteiger partial charge is 0.0954 e. The lowest BCUT2D eigenvalue weighted by Crippen LogP contribution is -2.21. The molecule has 1 aromatic carbocycles. The van der Waals surface area contributed by atoms with Crippen LogP contribution in [0.2, 0.25) is 0 Å². The third-order valence-corrected chi connectivity index (χ3v) is 2.59. The second-order valence-corrected chi connectivity index (χ2v) is 3.89. The maximum Gasteiger partial charge on any atom is 0.0954 e. The van der Waals surface area contributed by atoms with Gasteiger partial charge < -0.3 is 5.11 Å². The molecule has 0 unspecified atom stereocenters. The molecule has 78 valence electrons. The van der Waals surface area contributed by atoms with E-state index in [9.17, 15) is 0 Å². The zero-order valence-electron chi connectivity index (χ0n) is 9.25. The van der Waals surface area contributed by atoms with E-state index in [1.54, 1.807) is 0 Å². The van der Waals surface area contributed by atoms with E-state index < -0.39 is 0 Å². The molecule has 0 aliphatic heterocycles. The number of aliphatic hydroxyl groups is 1. The average Bonchev–Trinajstić information content (AvgIpc) is 2.19. The average molecular weight is 193 g/mol. The summed E-state index contributed by atoms with van der Waals surface area (Å²) in [6, 6.07) is 6.54. The van der Waals surface area contributed by atoms with Crippen molar-refractivity contribution in [1.29, 1.82) is 0 Å². The fourth-order valence-electron chi connectivity index (χ4n) is 1.35. The van der Waals surface area contributed by atoms with Crippen molar-refractivity contribution in [1.82, 2.24) is 4.90 Å². The molecule has 0 aromatic heterocycles. The molecule has 0 saturated carbocycles. The van der Waals surface area contributed by atoms with Gasteiger partial charge in [0.05, 0.1) is 6.73 Å². The van der Waals surface area contributed by atoms with E-state index in [0.717, 1.165) is 13.0 Å². The van der Waals surface area contributed by atoms with E-state index in [0.29, 0.717) is 0 Å². The lowest BCUT2D eigenvalue weighted by Gasteiger charge is -2.13. The summed E-state index contributed by atoms with van der Waals surface area (Å²) >= 11 is 0. The van der Waals surface area contributed by atoms with Crippen molar-refractivity contribution in [3.63, 3.8) is 0 Å². The monoisotopic (exact) mass is 193 g/mol. The Morgan fingerprint density at radius 3 is 2.50 bits per heavy atom. The molecular weight excluding hydrogens is 174 g/mol. The molecule has 2 nitrogen and oxygen atoms in total. The Labute approximate surface area is 86.2 Å². The second-order valence-electron chi connectivity index (χ2n) is 3.89. The predicted octanol–water partition coefficient (Wildman–Crippen LogP) is 1.73. The summed E-state index contributed by atoms with van der Waals surface area (Å²) in [6.07, 6.45) is 0.998. The summed E-state index contributed by atoms with van der Waals surface area (Å²) in [5.41, 5.74) is 4.02. The molecule has 0 fully saturated rings. The Bertz CT molecular complexity index is 296. The minimum atomic E-state index is 0.130. The van der Waals surface area contributed by atoms with Gasteiger partial charge in [-0.05, 0) is 44.0 Å². The van der Waals surface area contributed by atoms with Gasteiger partial charge in [0.25, 0.3) is 0 Å². The number of likely N-dealkylation sites (N-methyl/N-ethyl adjacent to an activating group) is 1. The Morgan fingerprint density at radius 2 is 1.93 bits per heavy atom. The van der Waals surface area contributed by atoms with Crippen molar-refractivity contribution in [2.45, 2.75) is 20.3 Å². The molecule has 0 bridgehead atoms. The number of rotatable bonds is 4. The first kappa shape index (κ1) is 11.2. The first-order valence-corrected chi connectivity index (χ1v) is 4.99. The summed E-state index contributed by atoms with van der Waals surface area (Å²) in [5, 5.41) is 8.84. The van der Waals surface area contributed by atoms with E-state index >= 15 is 0 Å². The van der Waals surface area contributed by atoms with Crippen LogP contribution >= 0.6 is 0 Å². The number of hydrogen-bond acceptors (Lipinski definition) is 2. The van der Waals surface area contributed by atoms with Crippen LogP contribution in [-0.2, 0) is 6.42 Å². The van der Waals surface area contributed by atoms with Gasteiger partial charge in [0.1, 0.15) is 0 Å². The van der Waals surface area contributed by atoms with E-state index in [1.807, 2.05) is 11.9 Å². The molecule has 0 spiro atoms. The summed E-state index contributed by atoms with van der Waals surface area (Å²) in [4.78, 5) is 1.90. The van der Waals surface area contributed by atoms with Crippen LogP contribution in [-0.4, -0.2) is 30.3 Å². The van der Waals surface area contributed by atoms with Gasteiger partial charge in [-0.1, -0.05) is 18.2 Å². The normalized spacial score (nSPS) is 10.9. The highest BCUT2D eigenvalue weighted by molar-refractivity contribution is 5.29. The number of hydrogen-bond donors (Lipinski definition) is 1. The minimum Gasteiger partial charge on any atom is -0.381 e. The third kappa shape index (κ3) is 3.13. The largest absolute Gasteiger partial charge is 0.381 e. The molecule has 1 N–H and O–H groups in total. The molecule has 1 aromatic rings. The molecule has 0 aliphatic carbocycles. The first-order chi connectivity index (χ1) is 6.63. The lowest BCUT2D eigenvalue weighted by molar-refractivity contribution is 0.134. The summed E-state index contributed by atoms with van der Waals surface area (Å²) in [5.74, 6) is 0. The number of aryl methyl sites for hydroxylation is 2. The minimum absolute atomic E-state index is 0.130. The number of aliphatic hydroxyl groups excluding tert-OH is 1. The lowest BCUT2D eigenvalue weighted by atomic mass is 10.0. The quantitative estimate of drug-likeness (QED) is 0.736. The number of nitrogens with zero attached hydrogens (tertiary/aromatic N) is 1. The Kier molecular flexibility index (Phi) is 4.11. The van der Waals surface area contributed by atoms with Crippen LogP contribution in [0.1, 0.15) is 16.7 Å². The molecular formula is C12H19NO. The zero-order chi connectivity index (χ0) is 10.6. The van der Waals surface area contributed by atoms with E-state index in [1.165, 1.54) is 16.7 Å². The summed E-state index contributed by atoms with van der Waals surface area (Å²) in [7, 11) is 1.92. The summed E-state index contributed by atoms with van der Waals surface area (Å²) in [6.45, 7) is 5.29. The van der Waals surface area contributed by atoms with Crippen LogP contribution in [0.25, 0.3) is 0 Å². The van der Waals surface area contributed by atoms with Crippen LogP contribution in [0.15, 0.2) is 18.2 Å². The molecule has 0 heterocycles. The topological polar surface area (TPSA) is 23.5 Å². The molecule has 0 aliphatic rings. The van der Waals surface area contributed by atoms with Crippen LogP contribution in [0, 0.1) is 13.8 Å². The van der Waals surface area contributed by atoms with Crippen molar-refractivity contribution >= 4 is 0 Å². The van der Waals surface area contributed by atoms with E-state index in [2.05, 4.69) is 32.0 Å². The predicted molar refractivity (Wildman–Crippen MR) is 59.3 cm³/mol. The summed E-state index contributed by atoms with van der Waals surface area (Å²) < 4.78 is 0. The highest BCUT2D eigenvalue weighted by atomic mass is 16.3. The Balaban J connectivity index is 2.55. The van der Waals surface area contributed by atoms with Gasteiger partial charge >= 0.3 is 0 Å². The van der Waals surface area contributed by atoms with Gasteiger partial charge in [-0.2, -0.15) is 0 Å². The van der Waals surface area contributed by atoms with Crippen LogP contribution < -0.4 is 0 Å². The SMILES string of the molecule is Cc1ccc(CCN(C)CO)cc1C. The maximum absolute atomic E-state index is 8.84. The van der Waals surface area contributed by atoms with Crippen molar-refractivity contribution in [2.75, 3.05) is 20.3 Å². The Hall–Kier alpha value is -0.860. The molecule has 0 saturated heterocycles. The van der Waals surface area contributed by atoms with Crippen molar-refractivity contribution in [3.8, 4) is 0 Å². The molecule has 14 heavy (non-hydrogen) atoms. The van der Waals surface area contributed by atoms with Crippen molar-refractivity contribution in [3.05, 3.63) is 34.9 Å².